The van der Waals surface area contributed by atoms with Crippen LogP contribution in [0.5, 0.6) is 0 Å². The summed E-state index contributed by atoms with van der Waals surface area (Å²) in [5.74, 6) is -0.291. The average molecular weight is 282 g/mol. The van der Waals surface area contributed by atoms with Crippen molar-refractivity contribution in [3.05, 3.63) is 48.5 Å². The summed E-state index contributed by atoms with van der Waals surface area (Å²) in [6.07, 6.45) is 1.89. The van der Waals surface area contributed by atoms with Crippen LogP contribution in [0.3, 0.4) is 0 Å². The van der Waals surface area contributed by atoms with E-state index in [9.17, 15) is 4.79 Å². The first kappa shape index (κ1) is 14.2. The van der Waals surface area contributed by atoms with Crippen molar-refractivity contribution in [3.63, 3.8) is 0 Å². The Morgan fingerprint density at radius 1 is 1.20 bits per heavy atom. The number of nitriles is 1. The molecule has 0 fully saturated rings. The van der Waals surface area contributed by atoms with Gasteiger partial charge in [0.2, 0.25) is 5.91 Å². The van der Waals surface area contributed by atoms with Crippen LogP contribution in [-0.4, -0.2) is 12.2 Å². The van der Waals surface area contributed by atoms with Crippen molar-refractivity contribution in [2.24, 2.45) is 0 Å². The molecule has 0 saturated carbocycles. The first-order valence-electron chi connectivity index (χ1n) is 6.15. The Kier molecular flexibility index (Phi) is 4.80. The molecular formula is C16H14N2OS. The molecular weight excluding hydrogens is 268 g/mol. The summed E-state index contributed by atoms with van der Waals surface area (Å²) >= 11 is 1.69. The molecule has 2 rings (SSSR count). The van der Waals surface area contributed by atoms with Crippen LogP contribution in [0.4, 0.5) is 5.69 Å². The number of amides is 1. The van der Waals surface area contributed by atoms with E-state index in [0.29, 0.717) is 0 Å². The molecule has 2 aromatic rings. The zero-order valence-corrected chi connectivity index (χ0v) is 11.9. The third kappa shape index (κ3) is 3.40. The van der Waals surface area contributed by atoms with Crippen molar-refractivity contribution < 1.29 is 4.79 Å². The SMILES string of the molecule is CSc1ccc(-c2ccccc2NC(=O)CC#N)cc1. The summed E-state index contributed by atoms with van der Waals surface area (Å²) in [5, 5.41) is 11.3. The number of carbonyl (C=O) groups excluding carboxylic acids is 1. The van der Waals surface area contributed by atoms with Gasteiger partial charge in [-0.2, -0.15) is 5.26 Å². The van der Waals surface area contributed by atoms with Crippen molar-refractivity contribution in [2.75, 3.05) is 11.6 Å². The molecule has 0 aliphatic rings. The molecule has 0 aliphatic carbocycles. The molecule has 2 aromatic carbocycles. The lowest BCUT2D eigenvalue weighted by molar-refractivity contribution is -0.115. The van der Waals surface area contributed by atoms with Gasteiger partial charge in [-0.05, 0) is 30.0 Å². The average Bonchev–Trinajstić information content (AvgIpc) is 2.48. The van der Waals surface area contributed by atoms with E-state index >= 15 is 0 Å². The molecule has 1 N–H and O–H groups in total. The Morgan fingerprint density at radius 3 is 2.55 bits per heavy atom. The zero-order valence-electron chi connectivity index (χ0n) is 11.1. The van der Waals surface area contributed by atoms with Gasteiger partial charge < -0.3 is 5.32 Å². The lowest BCUT2D eigenvalue weighted by Crippen LogP contribution is -2.10. The van der Waals surface area contributed by atoms with Gasteiger partial charge >= 0.3 is 0 Å². The van der Waals surface area contributed by atoms with E-state index < -0.39 is 0 Å². The second-order valence-electron chi connectivity index (χ2n) is 4.16. The van der Waals surface area contributed by atoms with E-state index in [1.54, 1.807) is 11.8 Å². The smallest absolute Gasteiger partial charge is 0.238 e. The number of para-hydroxylation sites is 1. The van der Waals surface area contributed by atoms with Gasteiger partial charge in [0.05, 0.1) is 6.07 Å². The number of rotatable bonds is 4. The maximum Gasteiger partial charge on any atom is 0.238 e. The van der Waals surface area contributed by atoms with Crippen LogP contribution in [-0.2, 0) is 4.79 Å². The lowest BCUT2D eigenvalue weighted by atomic mass is 10.0. The Balaban J connectivity index is 2.31. The standard InChI is InChI=1S/C16H14N2OS/c1-20-13-8-6-12(7-9-13)14-4-2-3-5-15(14)18-16(19)10-11-17/h2-9H,10H2,1H3,(H,18,19). The third-order valence-corrected chi connectivity index (χ3v) is 3.59. The van der Waals surface area contributed by atoms with E-state index in [4.69, 9.17) is 5.26 Å². The number of carbonyl (C=O) groups is 1. The highest BCUT2D eigenvalue weighted by molar-refractivity contribution is 7.98. The first-order chi connectivity index (χ1) is 9.74. The van der Waals surface area contributed by atoms with E-state index in [1.165, 1.54) is 4.90 Å². The highest BCUT2D eigenvalue weighted by atomic mass is 32.2. The quantitative estimate of drug-likeness (QED) is 0.864. The second-order valence-corrected chi connectivity index (χ2v) is 5.04. The number of nitrogens with one attached hydrogen (secondary N) is 1. The number of thioether (sulfide) groups is 1. The molecule has 0 heterocycles. The molecule has 0 spiro atoms. The van der Waals surface area contributed by atoms with Gasteiger partial charge in [0.25, 0.3) is 0 Å². The molecule has 4 heteroatoms. The van der Waals surface area contributed by atoms with Gasteiger partial charge in [0.15, 0.2) is 0 Å². The third-order valence-electron chi connectivity index (χ3n) is 2.84. The highest BCUT2D eigenvalue weighted by Gasteiger charge is 2.07. The predicted octanol–water partition coefficient (Wildman–Crippen LogP) is 3.93. The van der Waals surface area contributed by atoms with E-state index in [1.807, 2.05) is 60.9 Å². The molecule has 0 saturated heterocycles. The molecule has 3 nitrogen and oxygen atoms in total. The van der Waals surface area contributed by atoms with E-state index in [2.05, 4.69) is 5.32 Å². The van der Waals surface area contributed by atoms with Crippen LogP contribution in [0.1, 0.15) is 6.42 Å². The van der Waals surface area contributed by atoms with Gasteiger partial charge in [0.1, 0.15) is 6.42 Å². The second kappa shape index (κ2) is 6.78. The maximum atomic E-state index is 11.6. The van der Waals surface area contributed by atoms with Crippen LogP contribution in [0.15, 0.2) is 53.4 Å². The minimum atomic E-state index is -0.291. The fraction of sp³-hybridized carbons (Fsp3) is 0.125. The first-order valence-corrected chi connectivity index (χ1v) is 7.37. The summed E-state index contributed by atoms with van der Waals surface area (Å²) in [7, 11) is 0. The van der Waals surface area contributed by atoms with Crippen molar-refractivity contribution >= 4 is 23.4 Å². The number of hydrogen-bond donors (Lipinski definition) is 1. The van der Waals surface area contributed by atoms with E-state index in [-0.39, 0.29) is 12.3 Å². The number of anilines is 1. The zero-order chi connectivity index (χ0) is 14.4. The van der Waals surface area contributed by atoms with Gasteiger partial charge in [-0.25, -0.2) is 0 Å². The number of nitrogens with zero attached hydrogens (tertiary/aromatic N) is 1. The molecule has 0 unspecified atom stereocenters. The van der Waals surface area contributed by atoms with Crippen molar-refractivity contribution in [1.82, 2.24) is 0 Å². The van der Waals surface area contributed by atoms with Crippen LogP contribution in [0, 0.1) is 11.3 Å². The van der Waals surface area contributed by atoms with Crippen LogP contribution in [0.25, 0.3) is 11.1 Å². The molecule has 100 valence electrons. The fourth-order valence-electron chi connectivity index (χ4n) is 1.88. The summed E-state index contributed by atoms with van der Waals surface area (Å²) in [6, 6.07) is 17.6. The summed E-state index contributed by atoms with van der Waals surface area (Å²) in [4.78, 5) is 12.8. The Bertz CT molecular complexity index is 644. The van der Waals surface area contributed by atoms with Crippen LogP contribution in [0.2, 0.25) is 0 Å². The van der Waals surface area contributed by atoms with Gasteiger partial charge in [-0.3, -0.25) is 4.79 Å². The normalized spacial score (nSPS) is 9.80. The largest absolute Gasteiger partial charge is 0.325 e. The van der Waals surface area contributed by atoms with Crippen molar-refractivity contribution in [1.29, 1.82) is 5.26 Å². The fourth-order valence-corrected chi connectivity index (χ4v) is 2.29. The number of hydrogen-bond acceptors (Lipinski definition) is 3. The summed E-state index contributed by atoms with van der Waals surface area (Å²) < 4.78 is 0. The van der Waals surface area contributed by atoms with Crippen molar-refractivity contribution in [2.45, 2.75) is 11.3 Å². The summed E-state index contributed by atoms with van der Waals surface area (Å²) in [5.41, 5.74) is 2.71. The molecule has 1 amide bonds. The van der Waals surface area contributed by atoms with Gasteiger partial charge in [-0.15, -0.1) is 11.8 Å². The molecule has 0 aromatic heterocycles. The predicted molar refractivity (Wildman–Crippen MR) is 82.5 cm³/mol. The Labute approximate surface area is 122 Å². The topological polar surface area (TPSA) is 52.9 Å². The molecule has 0 bridgehead atoms. The summed E-state index contributed by atoms with van der Waals surface area (Å²) in [6.45, 7) is 0. The van der Waals surface area contributed by atoms with Crippen LogP contribution < -0.4 is 5.32 Å². The van der Waals surface area contributed by atoms with Gasteiger partial charge in [-0.1, -0.05) is 30.3 Å². The van der Waals surface area contributed by atoms with Gasteiger partial charge in [0, 0.05) is 16.1 Å². The minimum absolute atomic E-state index is 0.139. The molecule has 0 radical (unpaired) electrons. The Hall–Kier alpha value is -2.25. The lowest BCUT2D eigenvalue weighted by Gasteiger charge is -2.10. The highest BCUT2D eigenvalue weighted by Crippen LogP contribution is 2.29. The van der Waals surface area contributed by atoms with E-state index in [0.717, 1.165) is 16.8 Å². The monoisotopic (exact) mass is 282 g/mol. The molecule has 0 aliphatic heterocycles. The maximum absolute atomic E-state index is 11.6. The molecule has 0 atom stereocenters. The number of benzene rings is 2. The van der Waals surface area contributed by atoms with Crippen LogP contribution >= 0.6 is 11.8 Å². The molecule has 20 heavy (non-hydrogen) atoms. The van der Waals surface area contributed by atoms with Crippen molar-refractivity contribution in [3.8, 4) is 17.2 Å². The minimum Gasteiger partial charge on any atom is -0.325 e. The Morgan fingerprint density at radius 2 is 1.90 bits per heavy atom.